The summed E-state index contributed by atoms with van der Waals surface area (Å²) in [4.78, 5) is 49.2. The summed E-state index contributed by atoms with van der Waals surface area (Å²) in [6, 6.07) is 0. The first-order valence-electron chi connectivity index (χ1n) is 22.7. The van der Waals surface area contributed by atoms with Gasteiger partial charge < -0.3 is 24.4 Å². The summed E-state index contributed by atoms with van der Waals surface area (Å²) < 4.78 is 18.7. The zero-order valence-electron chi connectivity index (χ0n) is 34.2. The minimum absolute atomic E-state index is 0.0207. The van der Waals surface area contributed by atoms with Gasteiger partial charge in [0.25, 0.3) is 0 Å². The van der Waals surface area contributed by atoms with E-state index in [9.17, 15) is 24.6 Å². The lowest BCUT2D eigenvalue weighted by atomic mass is 9.67. The highest BCUT2D eigenvalue weighted by Crippen LogP contribution is 2.45. The normalized spacial score (nSPS) is 35.9. The van der Waals surface area contributed by atoms with Crippen molar-refractivity contribution in [3.8, 4) is 0 Å². The molecular weight excluding hydrogens is 700 g/mol. The summed E-state index contributed by atoms with van der Waals surface area (Å²) in [5.74, 6) is -0.992. The van der Waals surface area contributed by atoms with Crippen molar-refractivity contribution in [1.29, 1.82) is 0 Å². The minimum Gasteiger partial charge on any atom is -0.481 e. The molecule has 0 saturated heterocycles. The Balaban J connectivity index is 0.818. The van der Waals surface area contributed by atoms with Gasteiger partial charge in [0.15, 0.2) is 0 Å². The minimum atomic E-state index is -0.844. The maximum Gasteiger partial charge on any atom is 0.310 e. The molecule has 0 amide bonds. The van der Waals surface area contributed by atoms with Crippen LogP contribution in [0.3, 0.4) is 0 Å². The van der Waals surface area contributed by atoms with Crippen LogP contribution in [0.5, 0.6) is 0 Å². The fourth-order valence-corrected chi connectivity index (χ4v) is 11.4. The highest BCUT2D eigenvalue weighted by atomic mass is 17.2. The van der Waals surface area contributed by atoms with Gasteiger partial charge in [-0.15, -0.1) is 0 Å². The molecule has 10 heteroatoms. The number of carbonyl (C=O) groups excluding carboxylic acids is 1. The number of esters is 1. The number of aliphatic carboxylic acids is 2. The van der Waals surface area contributed by atoms with Crippen LogP contribution in [0.1, 0.15) is 168 Å². The summed E-state index contributed by atoms with van der Waals surface area (Å²) in [6.45, 7) is 5.93. The van der Waals surface area contributed by atoms with Crippen molar-refractivity contribution in [2.75, 3.05) is 19.8 Å². The van der Waals surface area contributed by atoms with E-state index in [0.717, 1.165) is 77.0 Å². The lowest BCUT2D eigenvalue weighted by Crippen LogP contribution is -2.40. The topological polar surface area (TPSA) is 138 Å². The number of carbonyl (C=O) groups is 3. The van der Waals surface area contributed by atoms with E-state index < -0.39 is 23.8 Å². The van der Waals surface area contributed by atoms with Crippen LogP contribution in [0, 0.1) is 52.8 Å². The lowest BCUT2D eigenvalue weighted by molar-refractivity contribution is -0.338. The van der Waals surface area contributed by atoms with Crippen LogP contribution in [0.2, 0.25) is 0 Å². The predicted octanol–water partition coefficient (Wildman–Crippen LogP) is 9.55. The molecule has 6 aliphatic carbocycles. The van der Waals surface area contributed by atoms with E-state index in [-0.39, 0.29) is 47.6 Å². The Bertz CT molecular complexity index is 1190. The molecule has 6 atom stereocenters. The zero-order valence-corrected chi connectivity index (χ0v) is 34.2. The van der Waals surface area contributed by atoms with Crippen LogP contribution in [0.15, 0.2) is 0 Å². The van der Waals surface area contributed by atoms with Gasteiger partial charge in [-0.25, -0.2) is 9.78 Å². The number of hydrogen-bond acceptors (Lipinski definition) is 8. The van der Waals surface area contributed by atoms with Crippen LogP contribution >= 0.6 is 0 Å². The summed E-state index contributed by atoms with van der Waals surface area (Å²) in [6.07, 6.45) is 24.5. The van der Waals surface area contributed by atoms with Gasteiger partial charge in [0, 0.05) is 5.41 Å². The molecule has 0 aromatic carbocycles. The van der Waals surface area contributed by atoms with E-state index in [1.54, 1.807) is 0 Å². The van der Waals surface area contributed by atoms with Crippen molar-refractivity contribution >= 4 is 17.9 Å². The Morgan fingerprint density at radius 3 is 1.51 bits per heavy atom. The van der Waals surface area contributed by atoms with Crippen LogP contribution in [0.4, 0.5) is 0 Å². The number of ether oxygens (including phenoxy) is 3. The molecule has 6 unspecified atom stereocenters. The third-order valence-corrected chi connectivity index (χ3v) is 14.9. The molecular formula is C45H74O10. The van der Waals surface area contributed by atoms with E-state index in [1.807, 2.05) is 0 Å². The third kappa shape index (κ3) is 12.6. The standard InChI is InChI=1S/C45H74O10/c1-45(2,28-51-35-16-20-37(21-17-35)54-44(50)39-24-15-33(26-41(39)43(48)49)31-11-7-4-8-12-31)29-52-36-18-22-38(23-19-36)55-53-27-34-14-13-32(25-40(34)42(46)47)30-9-5-3-6-10-30/h30-41H,3-29H2,1-2H3,(H,46,47)(H,48,49). The molecule has 2 N–H and O–H groups in total. The Morgan fingerprint density at radius 2 is 0.982 bits per heavy atom. The molecule has 0 radical (unpaired) electrons. The lowest BCUT2D eigenvalue weighted by Gasteiger charge is -2.39. The van der Waals surface area contributed by atoms with E-state index in [4.69, 9.17) is 24.0 Å². The quantitative estimate of drug-likeness (QED) is 0.0886. The largest absolute Gasteiger partial charge is 0.481 e. The van der Waals surface area contributed by atoms with Crippen molar-refractivity contribution in [1.82, 2.24) is 0 Å². The first-order valence-corrected chi connectivity index (χ1v) is 22.7. The predicted molar refractivity (Wildman–Crippen MR) is 208 cm³/mol. The SMILES string of the molecule is CC(C)(COC1CCC(OOCC2CCC(C3CCCCC3)CC2C(=O)O)CC1)COC1CCC(OC(=O)C2CCC(C3CCCCC3)CC2C(=O)O)CC1. The third-order valence-electron chi connectivity index (χ3n) is 14.9. The molecule has 6 aliphatic rings. The van der Waals surface area contributed by atoms with E-state index in [1.165, 1.54) is 64.2 Å². The van der Waals surface area contributed by atoms with Crippen LogP contribution < -0.4 is 0 Å². The average molecular weight is 775 g/mol. The highest BCUT2D eigenvalue weighted by Gasteiger charge is 2.43. The van der Waals surface area contributed by atoms with Crippen molar-refractivity contribution < 1.29 is 48.6 Å². The molecule has 55 heavy (non-hydrogen) atoms. The van der Waals surface area contributed by atoms with Gasteiger partial charge >= 0.3 is 17.9 Å². The van der Waals surface area contributed by atoms with Gasteiger partial charge in [-0.1, -0.05) is 78.1 Å². The van der Waals surface area contributed by atoms with Crippen molar-refractivity contribution in [3.05, 3.63) is 0 Å². The number of carboxylic acids is 2. The molecule has 6 fully saturated rings. The van der Waals surface area contributed by atoms with Gasteiger partial charge in [-0.3, -0.25) is 14.4 Å². The van der Waals surface area contributed by atoms with Crippen molar-refractivity contribution in [3.63, 3.8) is 0 Å². The molecule has 314 valence electrons. The molecule has 0 aromatic rings. The van der Waals surface area contributed by atoms with Crippen LogP contribution in [0.25, 0.3) is 0 Å². The van der Waals surface area contributed by atoms with E-state index in [0.29, 0.717) is 56.3 Å². The molecule has 6 saturated carbocycles. The maximum absolute atomic E-state index is 13.3. The second-order valence-corrected chi connectivity index (χ2v) is 19.6. The second kappa shape index (κ2) is 20.8. The summed E-state index contributed by atoms with van der Waals surface area (Å²) in [5.41, 5.74) is -0.140. The Labute approximate surface area is 330 Å². The molecule has 0 aromatic heterocycles. The van der Waals surface area contributed by atoms with Crippen molar-refractivity contribution in [2.24, 2.45) is 52.8 Å². The number of carboxylic acid groups (broad SMARTS) is 2. The molecule has 0 bridgehead atoms. The molecule has 0 aliphatic heterocycles. The van der Waals surface area contributed by atoms with Gasteiger partial charge in [0.2, 0.25) is 0 Å². The van der Waals surface area contributed by atoms with Gasteiger partial charge in [-0.05, 0) is 119 Å². The fourth-order valence-electron chi connectivity index (χ4n) is 11.4. The van der Waals surface area contributed by atoms with E-state index in [2.05, 4.69) is 13.8 Å². The zero-order chi connectivity index (χ0) is 38.8. The monoisotopic (exact) mass is 775 g/mol. The van der Waals surface area contributed by atoms with Gasteiger partial charge in [0.05, 0.1) is 55.9 Å². The highest BCUT2D eigenvalue weighted by molar-refractivity contribution is 5.81. The number of rotatable bonds is 16. The molecule has 6 rings (SSSR count). The molecule has 0 spiro atoms. The smallest absolute Gasteiger partial charge is 0.310 e. The first-order chi connectivity index (χ1) is 26.5. The summed E-state index contributed by atoms with van der Waals surface area (Å²) >= 11 is 0. The fraction of sp³-hybridized carbons (Fsp3) is 0.933. The molecule has 0 heterocycles. The Morgan fingerprint density at radius 1 is 0.509 bits per heavy atom. The average Bonchev–Trinajstić information content (AvgIpc) is 3.20. The van der Waals surface area contributed by atoms with Crippen molar-refractivity contribution in [2.45, 2.75) is 192 Å². The molecule has 10 nitrogen and oxygen atoms in total. The summed E-state index contributed by atoms with van der Waals surface area (Å²) in [5, 5.41) is 20.0. The van der Waals surface area contributed by atoms with Gasteiger partial charge in [0.1, 0.15) is 6.10 Å². The van der Waals surface area contributed by atoms with Crippen LogP contribution in [-0.2, 0) is 38.4 Å². The second-order valence-electron chi connectivity index (χ2n) is 19.6. The van der Waals surface area contributed by atoms with E-state index >= 15 is 0 Å². The van der Waals surface area contributed by atoms with Crippen LogP contribution in [-0.4, -0.2) is 72.4 Å². The summed E-state index contributed by atoms with van der Waals surface area (Å²) in [7, 11) is 0. The number of hydrogen-bond donors (Lipinski definition) is 2. The Hall–Kier alpha value is -1.75. The first kappa shape index (κ1) is 42.8. The Kier molecular flexibility index (Phi) is 16.2. The van der Waals surface area contributed by atoms with Gasteiger partial charge in [-0.2, -0.15) is 0 Å². The maximum atomic E-state index is 13.3.